The van der Waals surface area contributed by atoms with Gasteiger partial charge < -0.3 is 4.79 Å². The molecular weight excluding hydrogens is 344 g/mol. The number of ketones is 1. The molecule has 0 amide bonds. The smallest absolute Gasteiger partial charge is 0.193 e. The number of carbonyl (C=O) groups excluding carboxylic acids is 2. The van der Waals surface area contributed by atoms with Crippen molar-refractivity contribution in [3.05, 3.63) is 108 Å². The highest BCUT2D eigenvalue weighted by atomic mass is 16.1. The zero-order chi connectivity index (χ0) is 20.8. The average Bonchev–Trinajstić information content (AvgIpc) is 2.75. The van der Waals surface area contributed by atoms with E-state index in [9.17, 15) is 9.59 Å². The van der Waals surface area contributed by atoms with Crippen molar-refractivity contribution in [2.75, 3.05) is 0 Å². The van der Waals surface area contributed by atoms with E-state index >= 15 is 0 Å². The molecule has 0 saturated carbocycles. The summed E-state index contributed by atoms with van der Waals surface area (Å²) in [6.45, 7) is 8.49. The summed E-state index contributed by atoms with van der Waals surface area (Å²) in [5, 5.41) is 0. The summed E-state index contributed by atoms with van der Waals surface area (Å²) >= 11 is 0. The Labute approximate surface area is 169 Å². The van der Waals surface area contributed by atoms with E-state index in [4.69, 9.17) is 0 Å². The van der Waals surface area contributed by atoms with Gasteiger partial charge in [0.2, 0.25) is 0 Å². The summed E-state index contributed by atoms with van der Waals surface area (Å²) in [6, 6.07) is 29.2. The zero-order valence-electron chi connectivity index (χ0n) is 17.3. The van der Waals surface area contributed by atoms with Gasteiger partial charge in [0.05, 0.1) is 0 Å². The highest BCUT2D eigenvalue weighted by molar-refractivity contribution is 6.08. The van der Waals surface area contributed by atoms with Gasteiger partial charge in [0, 0.05) is 17.5 Å². The molecule has 3 rings (SSSR count). The molecule has 0 atom stereocenters. The van der Waals surface area contributed by atoms with Gasteiger partial charge in [-0.2, -0.15) is 0 Å². The van der Waals surface area contributed by atoms with Crippen molar-refractivity contribution in [2.45, 2.75) is 39.5 Å². The first-order chi connectivity index (χ1) is 13.4. The Bertz CT molecular complexity index is 760. The second kappa shape index (κ2) is 12.4. The Morgan fingerprint density at radius 3 is 1.29 bits per heavy atom. The molecule has 0 fully saturated rings. The summed E-state index contributed by atoms with van der Waals surface area (Å²) in [5.41, 5.74) is 3.16. The first-order valence-corrected chi connectivity index (χ1v) is 9.54. The topological polar surface area (TPSA) is 34.1 Å². The predicted molar refractivity (Wildman–Crippen MR) is 118 cm³/mol. The van der Waals surface area contributed by atoms with Gasteiger partial charge in [0.25, 0.3) is 0 Å². The molecule has 2 nitrogen and oxygen atoms in total. The molecule has 0 aliphatic carbocycles. The fraction of sp³-hybridized carbons (Fsp3) is 0.231. The fourth-order valence-corrected chi connectivity index (χ4v) is 2.28. The van der Waals surface area contributed by atoms with Crippen molar-refractivity contribution < 1.29 is 9.59 Å². The van der Waals surface area contributed by atoms with Gasteiger partial charge >= 0.3 is 0 Å². The number of carbonyl (C=O) groups is 2. The van der Waals surface area contributed by atoms with Crippen LogP contribution in [0.1, 0.15) is 55.6 Å². The number of hydrogen-bond donors (Lipinski definition) is 0. The molecular formula is C26H30O2. The molecule has 28 heavy (non-hydrogen) atoms. The van der Waals surface area contributed by atoms with Crippen LogP contribution < -0.4 is 0 Å². The Kier molecular flexibility index (Phi) is 10.2. The minimum Gasteiger partial charge on any atom is -0.303 e. The molecule has 2 heteroatoms. The minimum absolute atomic E-state index is 0.0752. The van der Waals surface area contributed by atoms with Crippen LogP contribution in [0.4, 0.5) is 0 Å². The van der Waals surface area contributed by atoms with Crippen LogP contribution >= 0.6 is 0 Å². The molecule has 0 bridgehead atoms. The molecule has 3 aromatic rings. The first kappa shape index (κ1) is 23.0. The Hall–Kier alpha value is -3.00. The minimum atomic E-state index is 0.0752. The monoisotopic (exact) mass is 374 g/mol. The van der Waals surface area contributed by atoms with Crippen LogP contribution in [0.5, 0.6) is 0 Å². The number of benzene rings is 3. The summed E-state index contributed by atoms with van der Waals surface area (Å²) in [6.07, 6.45) is 1.51. The molecule has 0 heterocycles. The van der Waals surface area contributed by atoms with E-state index in [1.165, 1.54) is 5.56 Å². The highest BCUT2D eigenvalue weighted by Crippen LogP contribution is 2.20. The van der Waals surface area contributed by atoms with Gasteiger partial charge in [-0.15, -0.1) is 0 Å². The van der Waals surface area contributed by atoms with E-state index < -0.39 is 0 Å². The number of rotatable bonds is 3. The fourth-order valence-electron chi connectivity index (χ4n) is 2.28. The van der Waals surface area contributed by atoms with Crippen molar-refractivity contribution in [1.29, 1.82) is 0 Å². The average molecular weight is 375 g/mol. The quantitative estimate of drug-likeness (QED) is 0.387. The third kappa shape index (κ3) is 8.59. The van der Waals surface area contributed by atoms with Gasteiger partial charge in [-0.1, -0.05) is 119 Å². The lowest BCUT2D eigenvalue weighted by atomic mass is 9.87. The maximum Gasteiger partial charge on any atom is 0.193 e. The van der Waals surface area contributed by atoms with Crippen LogP contribution in [0.15, 0.2) is 91.0 Å². The number of hydrogen-bond acceptors (Lipinski definition) is 2. The lowest BCUT2D eigenvalue weighted by molar-refractivity contribution is -0.107. The number of aldehydes is 1. The lowest BCUT2D eigenvalue weighted by Crippen LogP contribution is -2.10. The lowest BCUT2D eigenvalue weighted by Gasteiger charge is -2.18. The van der Waals surface area contributed by atoms with Crippen LogP contribution in [-0.2, 0) is 10.2 Å². The largest absolute Gasteiger partial charge is 0.303 e. The van der Waals surface area contributed by atoms with Crippen LogP contribution in [-0.4, -0.2) is 12.1 Å². The molecule has 0 radical (unpaired) electrons. The third-order valence-electron chi connectivity index (χ3n) is 3.88. The van der Waals surface area contributed by atoms with E-state index in [1.807, 2.05) is 67.6 Å². The van der Waals surface area contributed by atoms with Gasteiger partial charge in [-0.3, -0.25) is 4.79 Å². The van der Waals surface area contributed by atoms with Crippen molar-refractivity contribution in [3.8, 4) is 0 Å². The molecule has 0 spiro atoms. The highest BCUT2D eigenvalue weighted by Gasteiger charge is 2.11. The molecule has 0 saturated heterocycles. The van der Waals surface area contributed by atoms with E-state index in [2.05, 4.69) is 51.1 Å². The van der Waals surface area contributed by atoms with Crippen molar-refractivity contribution in [1.82, 2.24) is 0 Å². The zero-order valence-corrected chi connectivity index (χ0v) is 17.3. The molecule has 0 aliphatic heterocycles. The summed E-state index contributed by atoms with van der Waals surface area (Å²) in [5.74, 6) is 0.0752. The standard InChI is InChI=1S/C13H10O.C10H14.C3H6O/c14-13(11-7-3-1-4-8-11)12-9-5-2-6-10-12;1-10(2,3)9-7-5-4-6-8-9;1-2-3-4/h1-10H;4-8H,1-3H3;3H,2H2,1H3. The summed E-state index contributed by atoms with van der Waals surface area (Å²) in [7, 11) is 0. The van der Waals surface area contributed by atoms with Crippen molar-refractivity contribution in [3.63, 3.8) is 0 Å². The second-order valence-electron chi connectivity index (χ2n) is 7.25. The Morgan fingerprint density at radius 2 is 1.04 bits per heavy atom. The summed E-state index contributed by atoms with van der Waals surface area (Å²) < 4.78 is 0. The van der Waals surface area contributed by atoms with Crippen LogP contribution in [0.3, 0.4) is 0 Å². The molecule has 0 N–H and O–H groups in total. The molecule has 146 valence electrons. The van der Waals surface area contributed by atoms with Crippen LogP contribution in [0.25, 0.3) is 0 Å². The maximum absolute atomic E-state index is 11.8. The Balaban J connectivity index is 0.000000245. The normalized spacial score (nSPS) is 9.86. The SMILES string of the molecule is CC(C)(C)c1ccccc1.CCC=O.O=C(c1ccccc1)c1ccccc1. The molecule has 0 aliphatic rings. The first-order valence-electron chi connectivity index (χ1n) is 9.54. The van der Waals surface area contributed by atoms with E-state index in [0.29, 0.717) is 11.8 Å². The maximum atomic E-state index is 11.8. The molecule has 0 unspecified atom stereocenters. The van der Waals surface area contributed by atoms with Gasteiger partial charge in [-0.25, -0.2) is 0 Å². The summed E-state index contributed by atoms with van der Waals surface area (Å²) in [4.78, 5) is 21.0. The van der Waals surface area contributed by atoms with E-state index in [1.54, 1.807) is 0 Å². The second-order valence-corrected chi connectivity index (χ2v) is 7.25. The van der Waals surface area contributed by atoms with E-state index in [0.717, 1.165) is 17.4 Å². The van der Waals surface area contributed by atoms with Crippen molar-refractivity contribution >= 4 is 12.1 Å². The Morgan fingerprint density at radius 1 is 0.714 bits per heavy atom. The molecule has 3 aromatic carbocycles. The molecule has 0 aromatic heterocycles. The van der Waals surface area contributed by atoms with E-state index in [-0.39, 0.29) is 5.78 Å². The van der Waals surface area contributed by atoms with Crippen LogP contribution in [0, 0.1) is 0 Å². The van der Waals surface area contributed by atoms with Gasteiger partial charge in [0.15, 0.2) is 5.78 Å². The van der Waals surface area contributed by atoms with Crippen molar-refractivity contribution in [2.24, 2.45) is 0 Å². The van der Waals surface area contributed by atoms with Crippen LogP contribution in [0.2, 0.25) is 0 Å². The van der Waals surface area contributed by atoms with Gasteiger partial charge in [0.1, 0.15) is 6.29 Å². The van der Waals surface area contributed by atoms with Gasteiger partial charge in [-0.05, 0) is 11.0 Å². The predicted octanol–water partition coefficient (Wildman–Crippen LogP) is 6.50. The third-order valence-corrected chi connectivity index (χ3v) is 3.88.